The van der Waals surface area contributed by atoms with E-state index in [-0.39, 0.29) is 17.6 Å². The Balaban J connectivity index is 1.46. The van der Waals surface area contributed by atoms with Crippen molar-refractivity contribution in [1.29, 1.82) is 0 Å². The van der Waals surface area contributed by atoms with Crippen LogP contribution in [0.5, 0.6) is 17.2 Å². The first-order chi connectivity index (χ1) is 18.2. The van der Waals surface area contributed by atoms with Crippen LogP contribution in [-0.4, -0.2) is 38.2 Å². The van der Waals surface area contributed by atoms with Crippen LogP contribution in [0.3, 0.4) is 0 Å². The molecule has 4 rings (SSSR count). The van der Waals surface area contributed by atoms with Crippen molar-refractivity contribution in [2.45, 2.75) is 26.2 Å². The monoisotopic (exact) mass is 514 g/mol. The van der Waals surface area contributed by atoms with Crippen molar-refractivity contribution in [3.8, 4) is 17.2 Å². The molecule has 0 radical (unpaired) electrons. The molecule has 1 heterocycles. The van der Waals surface area contributed by atoms with Gasteiger partial charge in [0.05, 0.1) is 12.8 Å². The molecule has 8 nitrogen and oxygen atoms in total. The van der Waals surface area contributed by atoms with E-state index in [2.05, 4.69) is 26.1 Å². The molecule has 0 aromatic heterocycles. The Bertz CT molecular complexity index is 1350. The molecule has 1 N–H and O–H groups in total. The number of imide groups is 2. The van der Waals surface area contributed by atoms with Gasteiger partial charge in [-0.1, -0.05) is 51.1 Å². The van der Waals surface area contributed by atoms with Crippen molar-refractivity contribution >= 4 is 29.6 Å². The highest BCUT2D eigenvalue weighted by molar-refractivity contribution is 6.39. The van der Waals surface area contributed by atoms with Gasteiger partial charge >= 0.3 is 6.03 Å². The molecule has 0 unspecified atom stereocenters. The number of hydrogen-bond acceptors (Lipinski definition) is 6. The maximum absolute atomic E-state index is 13.2. The van der Waals surface area contributed by atoms with Gasteiger partial charge in [0.2, 0.25) is 0 Å². The van der Waals surface area contributed by atoms with Gasteiger partial charge in [-0.2, -0.15) is 0 Å². The number of carbonyl (C=O) groups is 3. The van der Waals surface area contributed by atoms with E-state index in [0.717, 1.165) is 10.6 Å². The highest BCUT2D eigenvalue weighted by Gasteiger charge is 2.37. The summed E-state index contributed by atoms with van der Waals surface area (Å²) in [6, 6.07) is 20.5. The number of barbiturate groups is 1. The van der Waals surface area contributed by atoms with E-state index in [1.807, 2.05) is 24.3 Å². The third kappa shape index (κ3) is 6.03. The van der Waals surface area contributed by atoms with E-state index in [0.29, 0.717) is 29.4 Å². The van der Waals surface area contributed by atoms with Gasteiger partial charge in [0.25, 0.3) is 11.8 Å². The molecule has 1 saturated heterocycles. The van der Waals surface area contributed by atoms with E-state index in [1.54, 1.807) is 48.5 Å². The summed E-state index contributed by atoms with van der Waals surface area (Å²) in [5.41, 5.74) is 1.92. The predicted octanol–water partition coefficient (Wildman–Crippen LogP) is 5.12. The topological polar surface area (TPSA) is 94.2 Å². The zero-order valence-electron chi connectivity index (χ0n) is 21.8. The van der Waals surface area contributed by atoms with Crippen molar-refractivity contribution in [3.63, 3.8) is 0 Å². The molecule has 38 heavy (non-hydrogen) atoms. The Hall–Kier alpha value is -4.59. The van der Waals surface area contributed by atoms with E-state index >= 15 is 0 Å². The van der Waals surface area contributed by atoms with Gasteiger partial charge < -0.3 is 14.2 Å². The first kappa shape index (κ1) is 26.5. The average molecular weight is 515 g/mol. The maximum Gasteiger partial charge on any atom is 0.335 e. The zero-order valence-corrected chi connectivity index (χ0v) is 21.8. The minimum Gasteiger partial charge on any atom is -0.497 e. The van der Waals surface area contributed by atoms with Gasteiger partial charge in [-0.3, -0.25) is 14.9 Å². The summed E-state index contributed by atoms with van der Waals surface area (Å²) >= 11 is 0. The number of nitrogens with zero attached hydrogens (tertiary/aromatic N) is 1. The Morgan fingerprint density at radius 1 is 0.816 bits per heavy atom. The lowest BCUT2D eigenvalue weighted by Crippen LogP contribution is -2.54. The molecule has 0 spiro atoms. The Morgan fingerprint density at radius 3 is 2.11 bits per heavy atom. The van der Waals surface area contributed by atoms with E-state index in [4.69, 9.17) is 14.2 Å². The van der Waals surface area contributed by atoms with Gasteiger partial charge in [-0.15, -0.1) is 0 Å². The SMILES string of the molecule is COc1ccc(N2C(=O)NC(=O)C(=Cc3ccccc3OCCOc3ccc(C(C)(C)C)cc3)C2=O)cc1. The van der Waals surface area contributed by atoms with E-state index in [1.165, 1.54) is 18.7 Å². The van der Waals surface area contributed by atoms with Crippen LogP contribution in [0, 0.1) is 0 Å². The number of amides is 4. The summed E-state index contributed by atoms with van der Waals surface area (Å²) < 4.78 is 16.8. The lowest BCUT2D eigenvalue weighted by Gasteiger charge is -2.26. The molecule has 196 valence electrons. The molecule has 0 aliphatic carbocycles. The Kier molecular flexibility index (Phi) is 7.81. The molecule has 0 atom stereocenters. The van der Waals surface area contributed by atoms with Crippen LogP contribution in [-0.2, 0) is 15.0 Å². The first-order valence-corrected chi connectivity index (χ1v) is 12.2. The van der Waals surface area contributed by atoms with Gasteiger partial charge in [-0.05, 0) is 59.5 Å². The molecule has 1 fully saturated rings. The summed E-state index contributed by atoms with van der Waals surface area (Å²) in [4.78, 5) is 39.2. The van der Waals surface area contributed by atoms with Crippen LogP contribution in [0.15, 0.2) is 78.4 Å². The number of hydrogen-bond donors (Lipinski definition) is 1. The summed E-state index contributed by atoms with van der Waals surface area (Å²) in [6.45, 7) is 7.02. The lowest BCUT2D eigenvalue weighted by atomic mass is 9.87. The van der Waals surface area contributed by atoms with Gasteiger partial charge in [0.15, 0.2) is 0 Å². The van der Waals surface area contributed by atoms with E-state index in [9.17, 15) is 14.4 Å². The summed E-state index contributed by atoms with van der Waals surface area (Å²) in [5, 5.41) is 2.23. The molecule has 8 heteroatoms. The highest BCUT2D eigenvalue weighted by atomic mass is 16.5. The van der Waals surface area contributed by atoms with Gasteiger partial charge in [0.1, 0.15) is 36.0 Å². The minimum absolute atomic E-state index is 0.0649. The molecule has 4 amide bonds. The Labute approximate surface area is 221 Å². The second-order valence-electron chi connectivity index (χ2n) is 9.67. The molecule has 1 aliphatic heterocycles. The van der Waals surface area contributed by atoms with Crippen LogP contribution in [0.1, 0.15) is 31.9 Å². The fourth-order valence-corrected chi connectivity index (χ4v) is 3.87. The van der Waals surface area contributed by atoms with Crippen molar-refractivity contribution in [3.05, 3.63) is 89.5 Å². The number of methoxy groups -OCH3 is 1. The molecule has 3 aromatic carbocycles. The first-order valence-electron chi connectivity index (χ1n) is 12.2. The Morgan fingerprint density at radius 2 is 1.45 bits per heavy atom. The summed E-state index contributed by atoms with van der Waals surface area (Å²) in [7, 11) is 1.52. The van der Waals surface area contributed by atoms with Crippen LogP contribution >= 0.6 is 0 Å². The lowest BCUT2D eigenvalue weighted by molar-refractivity contribution is -0.122. The second-order valence-corrected chi connectivity index (χ2v) is 9.67. The van der Waals surface area contributed by atoms with Crippen molar-refractivity contribution in [2.24, 2.45) is 0 Å². The number of urea groups is 1. The average Bonchev–Trinajstić information content (AvgIpc) is 2.90. The fraction of sp³-hybridized carbons (Fsp3) is 0.233. The number of anilines is 1. The van der Waals surface area contributed by atoms with Crippen LogP contribution < -0.4 is 24.4 Å². The number of benzene rings is 3. The van der Waals surface area contributed by atoms with Crippen LogP contribution in [0.2, 0.25) is 0 Å². The normalized spacial score (nSPS) is 14.9. The van der Waals surface area contributed by atoms with Crippen molar-refractivity contribution < 1.29 is 28.6 Å². The highest BCUT2D eigenvalue weighted by Crippen LogP contribution is 2.27. The maximum atomic E-state index is 13.2. The molecule has 0 bridgehead atoms. The van der Waals surface area contributed by atoms with E-state index < -0.39 is 17.8 Å². The molecule has 1 aliphatic rings. The summed E-state index contributed by atoms with van der Waals surface area (Å²) in [5.74, 6) is 0.273. The number of carbonyl (C=O) groups excluding carboxylic acids is 3. The third-order valence-corrected chi connectivity index (χ3v) is 5.98. The minimum atomic E-state index is -0.820. The smallest absolute Gasteiger partial charge is 0.335 e. The van der Waals surface area contributed by atoms with Gasteiger partial charge in [0, 0.05) is 5.56 Å². The second kappa shape index (κ2) is 11.2. The quantitative estimate of drug-likeness (QED) is 0.255. The standard InChI is InChI=1S/C30H30N2O6/c1-30(2,3)21-9-13-24(14-10-21)37-17-18-38-26-8-6-5-7-20(26)19-25-27(33)31-29(35)32(28(25)34)22-11-15-23(36-4)16-12-22/h5-16,19H,17-18H2,1-4H3,(H,31,33,35). The predicted molar refractivity (Wildman–Crippen MR) is 145 cm³/mol. The molecular weight excluding hydrogens is 484 g/mol. The number of para-hydroxylation sites is 1. The van der Waals surface area contributed by atoms with Crippen molar-refractivity contribution in [2.75, 3.05) is 25.2 Å². The van der Waals surface area contributed by atoms with Crippen molar-refractivity contribution in [1.82, 2.24) is 5.32 Å². The third-order valence-electron chi connectivity index (χ3n) is 5.98. The fourth-order valence-electron chi connectivity index (χ4n) is 3.87. The van der Waals surface area contributed by atoms with Gasteiger partial charge in [-0.25, -0.2) is 9.69 Å². The number of nitrogens with one attached hydrogen (secondary N) is 1. The largest absolute Gasteiger partial charge is 0.497 e. The molecule has 0 saturated carbocycles. The van der Waals surface area contributed by atoms with Crippen LogP contribution in [0.25, 0.3) is 6.08 Å². The molecule has 3 aromatic rings. The number of rotatable bonds is 8. The van der Waals surface area contributed by atoms with Crippen LogP contribution in [0.4, 0.5) is 10.5 Å². The zero-order chi connectivity index (χ0) is 27.3. The summed E-state index contributed by atoms with van der Waals surface area (Å²) in [6.07, 6.45) is 1.42. The molecular formula is C30H30N2O6. The number of ether oxygens (including phenoxy) is 3.